The van der Waals surface area contributed by atoms with Crippen LogP contribution in [-0.2, 0) is 9.22 Å². The number of fused-ring (bicyclic) bond motifs is 1. The molecule has 3 N–H and O–H groups in total. The van der Waals surface area contributed by atoms with Crippen LogP contribution in [0.25, 0.3) is 11.0 Å². The second-order valence-electron chi connectivity index (χ2n) is 11.5. The number of furan rings is 1. The van der Waals surface area contributed by atoms with Gasteiger partial charge in [-0.25, -0.2) is 0 Å². The third-order valence-electron chi connectivity index (χ3n) is 7.49. The van der Waals surface area contributed by atoms with Crippen LogP contribution in [0.3, 0.4) is 0 Å². The molecule has 0 aliphatic heterocycles. The van der Waals surface area contributed by atoms with Crippen molar-refractivity contribution in [1.82, 2.24) is 5.32 Å². The Morgan fingerprint density at radius 2 is 1.78 bits per heavy atom. The first-order valence-corrected chi connectivity index (χ1v) is 14.7. The van der Waals surface area contributed by atoms with E-state index in [4.69, 9.17) is 19.3 Å². The molecule has 3 rings (SSSR count). The number of alkyl halides is 3. The maximum atomic E-state index is 13.3. The molecule has 0 saturated heterocycles. The summed E-state index contributed by atoms with van der Waals surface area (Å²) in [6.45, 7) is 12.7. The molecular weight excluding hydrogens is 493 g/mol. The smallest absolute Gasteiger partial charge is 0.397 e. The van der Waals surface area contributed by atoms with E-state index in [1.54, 1.807) is 6.92 Å². The van der Waals surface area contributed by atoms with E-state index in [2.05, 4.69) is 26.1 Å². The van der Waals surface area contributed by atoms with Crippen molar-refractivity contribution in [3.63, 3.8) is 0 Å². The van der Waals surface area contributed by atoms with Gasteiger partial charge in [0.25, 0.3) is 5.91 Å². The summed E-state index contributed by atoms with van der Waals surface area (Å²) in [6.07, 6.45) is -4.28. The molecule has 1 saturated carbocycles. The van der Waals surface area contributed by atoms with Crippen molar-refractivity contribution < 1.29 is 36.3 Å². The van der Waals surface area contributed by atoms with Crippen LogP contribution in [0.15, 0.2) is 22.6 Å². The lowest BCUT2D eigenvalue weighted by Crippen LogP contribution is -2.60. The van der Waals surface area contributed by atoms with Gasteiger partial charge >= 0.3 is 6.18 Å². The largest absolute Gasteiger partial charge is 0.493 e. The standard InChI is InChI=1S/C25H35F3N2O5Si/c1-15-19(20(31)30-23(5,21(29)32)13-34-36(6,7)22(2,3)4)17-12-16(8-9-18(17)35-15)33-14-24(10-11-24)25(26,27)28/h8-9,12H,10-11,13-14H2,1-7H3,(H2,29,32)(H,30,31). The van der Waals surface area contributed by atoms with Crippen molar-refractivity contribution in [3.05, 3.63) is 29.5 Å². The molecule has 2 aromatic rings. The first-order valence-electron chi connectivity index (χ1n) is 11.8. The Bertz CT molecular complexity index is 1160. The average molecular weight is 529 g/mol. The molecule has 1 atom stereocenters. The van der Waals surface area contributed by atoms with Gasteiger partial charge in [0.05, 0.1) is 12.2 Å². The Hall–Kier alpha value is -2.53. The zero-order valence-electron chi connectivity index (χ0n) is 21.8. The maximum Gasteiger partial charge on any atom is 0.397 e. The van der Waals surface area contributed by atoms with Crippen molar-refractivity contribution in [3.8, 4) is 5.75 Å². The summed E-state index contributed by atoms with van der Waals surface area (Å²) in [5.41, 5.74) is 2.84. The van der Waals surface area contributed by atoms with Gasteiger partial charge < -0.3 is 24.6 Å². The second kappa shape index (κ2) is 9.09. The molecule has 0 radical (unpaired) electrons. The highest BCUT2D eigenvalue weighted by molar-refractivity contribution is 6.74. The molecule has 36 heavy (non-hydrogen) atoms. The van der Waals surface area contributed by atoms with Gasteiger partial charge in [-0.15, -0.1) is 0 Å². The molecule has 2 amide bonds. The van der Waals surface area contributed by atoms with Gasteiger partial charge in [-0.2, -0.15) is 13.2 Å². The number of rotatable bonds is 9. The predicted octanol–water partition coefficient (Wildman–Crippen LogP) is 5.46. The Kier molecular flexibility index (Phi) is 7.08. The minimum atomic E-state index is -4.33. The molecular formula is C25H35F3N2O5Si. The van der Waals surface area contributed by atoms with Gasteiger partial charge in [0.2, 0.25) is 5.91 Å². The minimum Gasteiger partial charge on any atom is -0.493 e. The first kappa shape index (κ1) is 28.0. The maximum absolute atomic E-state index is 13.3. The predicted molar refractivity (Wildman–Crippen MR) is 132 cm³/mol. The fourth-order valence-corrected chi connectivity index (χ4v) is 4.56. The van der Waals surface area contributed by atoms with Gasteiger partial charge in [-0.3, -0.25) is 9.59 Å². The molecule has 11 heteroatoms. The zero-order valence-corrected chi connectivity index (χ0v) is 22.8. The zero-order chi connectivity index (χ0) is 27.3. The van der Waals surface area contributed by atoms with E-state index < -0.39 is 43.9 Å². The fraction of sp³-hybridized carbons (Fsp3) is 0.600. The van der Waals surface area contributed by atoms with Crippen molar-refractivity contribution in [2.24, 2.45) is 11.1 Å². The third kappa shape index (κ3) is 5.41. The molecule has 200 valence electrons. The van der Waals surface area contributed by atoms with Crippen molar-refractivity contribution in [2.75, 3.05) is 13.2 Å². The van der Waals surface area contributed by atoms with Crippen LogP contribution in [0.2, 0.25) is 18.1 Å². The van der Waals surface area contributed by atoms with Gasteiger partial charge in [-0.1, -0.05) is 20.8 Å². The number of aryl methyl sites for hydroxylation is 1. The molecule has 1 fully saturated rings. The van der Waals surface area contributed by atoms with Crippen molar-refractivity contribution >= 4 is 31.1 Å². The number of carbonyl (C=O) groups is 2. The molecule has 0 bridgehead atoms. The molecule has 1 aromatic heterocycles. The Morgan fingerprint density at radius 1 is 1.17 bits per heavy atom. The van der Waals surface area contributed by atoms with Gasteiger partial charge in [0.15, 0.2) is 8.32 Å². The molecule has 0 spiro atoms. The number of nitrogens with two attached hydrogens (primary N) is 1. The lowest BCUT2D eigenvalue weighted by Gasteiger charge is -2.39. The van der Waals surface area contributed by atoms with Crippen LogP contribution in [-0.4, -0.2) is 45.1 Å². The second-order valence-corrected chi connectivity index (χ2v) is 16.3. The Labute approximate surface area is 210 Å². The van der Waals surface area contributed by atoms with E-state index in [0.717, 1.165) is 0 Å². The lowest BCUT2D eigenvalue weighted by atomic mass is 10.0. The average Bonchev–Trinajstić information content (AvgIpc) is 3.46. The third-order valence-corrected chi connectivity index (χ3v) is 12.0. The van der Waals surface area contributed by atoms with Gasteiger partial charge in [-0.05, 0) is 63.0 Å². The van der Waals surface area contributed by atoms with E-state index in [0.29, 0.717) is 11.0 Å². The highest BCUT2D eigenvalue weighted by atomic mass is 28.4. The Balaban J connectivity index is 1.83. The highest BCUT2D eigenvalue weighted by Gasteiger charge is 2.63. The first-order chi connectivity index (χ1) is 16.3. The molecule has 7 nitrogen and oxygen atoms in total. The van der Waals surface area contributed by atoms with E-state index in [1.165, 1.54) is 25.1 Å². The summed E-state index contributed by atoms with van der Waals surface area (Å²) in [4.78, 5) is 25.7. The summed E-state index contributed by atoms with van der Waals surface area (Å²) in [6, 6.07) is 4.51. The normalized spacial score (nSPS) is 17.5. The van der Waals surface area contributed by atoms with Crippen molar-refractivity contribution in [2.45, 2.75) is 77.3 Å². The fourth-order valence-electron chi connectivity index (χ4n) is 3.48. The number of amides is 2. The van der Waals surface area contributed by atoms with E-state index >= 15 is 0 Å². The van der Waals surface area contributed by atoms with Gasteiger partial charge in [0, 0.05) is 5.39 Å². The van der Waals surface area contributed by atoms with Crippen LogP contribution in [0, 0.1) is 12.3 Å². The lowest BCUT2D eigenvalue weighted by molar-refractivity contribution is -0.194. The number of hydrogen-bond acceptors (Lipinski definition) is 5. The molecule has 1 aromatic carbocycles. The minimum absolute atomic E-state index is 0.0276. The summed E-state index contributed by atoms with van der Waals surface area (Å²) in [7, 11) is -2.25. The number of halogens is 3. The van der Waals surface area contributed by atoms with Crippen LogP contribution in [0.5, 0.6) is 5.75 Å². The van der Waals surface area contributed by atoms with Crippen LogP contribution < -0.4 is 15.8 Å². The number of nitrogens with one attached hydrogen (secondary N) is 1. The topological polar surface area (TPSA) is 104 Å². The molecule has 1 aliphatic rings. The number of hydrogen-bond donors (Lipinski definition) is 2. The Morgan fingerprint density at radius 3 is 2.28 bits per heavy atom. The monoisotopic (exact) mass is 528 g/mol. The summed E-state index contributed by atoms with van der Waals surface area (Å²) < 4.78 is 57.1. The number of carbonyl (C=O) groups excluding carboxylic acids is 2. The number of primary amides is 1. The van der Waals surface area contributed by atoms with E-state index in [1.807, 2.05) is 13.1 Å². The van der Waals surface area contributed by atoms with Crippen LogP contribution >= 0.6 is 0 Å². The van der Waals surface area contributed by atoms with Crippen molar-refractivity contribution in [1.29, 1.82) is 0 Å². The van der Waals surface area contributed by atoms with E-state index in [9.17, 15) is 22.8 Å². The molecule has 1 aliphatic carbocycles. The highest BCUT2D eigenvalue weighted by Crippen LogP contribution is 2.57. The number of ether oxygens (including phenoxy) is 1. The quantitative estimate of drug-likeness (QED) is 0.421. The summed E-state index contributed by atoms with van der Waals surface area (Å²) in [5, 5.41) is 2.93. The summed E-state index contributed by atoms with van der Waals surface area (Å²) in [5.74, 6) is -0.902. The summed E-state index contributed by atoms with van der Waals surface area (Å²) >= 11 is 0. The molecule has 1 unspecified atom stereocenters. The SMILES string of the molecule is Cc1oc2ccc(OCC3(C(F)(F)F)CC3)cc2c1C(=O)NC(C)(CO[Si](C)(C)C(C)(C)C)C(N)=O. The number of benzene rings is 1. The van der Waals surface area contributed by atoms with E-state index in [-0.39, 0.29) is 41.6 Å². The van der Waals surface area contributed by atoms with Crippen LogP contribution in [0.4, 0.5) is 13.2 Å². The van der Waals surface area contributed by atoms with Crippen LogP contribution in [0.1, 0.15) is 56.7 Å². The van der Waals surface area contributed by atoms with Gasteiger partial charge in [0.1, 0.15) is 34.7 Å². The molecule has 1 heterocycles.